The smallest absolute Gasteiger partial charge is 0.261 e. The molecule has 3 aromatic heterocycles. The Morgan fingerprint density at radius 2 is 1.93 bits per heavy atom. The average Bonchev–Trinajstić information content (AvgIpc) is 3.30. The fraction of sp³-hybridized carbons (Fsp3) is 0.294. The largest absolute Gasteiger partial charge is 0.355 e. The fourth-order valence-electron chi connectivity index (χ4n) is 2.61. The summed E-state index contributed by atoms with van der Waals surface area (Å²) in [7, 11) is 0. The van der Waals surface area contributed by atoms with Crippen molar-refractivity contribution < 1.29 is 4.79 Å². The second-order valence-corrected chi connectivity index (χ2v) is 7.85. The Balaban J connectivity index is 1.49. The number of para-hydroxylation sites is 1. The van der Waals surface area contributed by atoms with Gasteiger partial charge in [-0.25, -0.2) is 9.38 Å². The first-order chi connectivity index (χ1) is 14.2. The summed E-state index contributed by atoms with van der Waals surface area (Å²) >= 11 is 2.71. The molecule has 0 bridgehead atoms. The van der Waals surface area contributed by atoms with E-state index in [1.54, 1.807) is 4.40 Å². The van der Waals surface area contributed by atoms with Gasteiger partial charge in [-0.1, -0.05) is 35.2 Å². The van der Waals surface area contributed by atoms with E-state index in [2.05, 4.69) is 41.1 Å². The van der Waals surface area contributed by atoms with Crippen molar-refractivity contribution in [3.05, 3.63) is 24.3 Å². The Morgan fingerprint density at radius 3 is 2.72 bits per heavy atom. The van der Waals surface area contributed by atoms with Crippen LogP contribution in [0.25, 0.3) is 16.0 Å². The zero-order valence-electron chi connectivity index (χ0n) is 15.8. The lowest BCUT2D eigenvalue weighted by Gasteiger charge is -2.09. The molecule has 0 saturated heterocycles. The molecule has 0 aliphatic heterocycles. The number of carbonyl (C=O) groups is 1. The number of nitrogens with zero attached hydrogens (tertiary/aromatic N) is 6. The number of hydrogen-bond acceptors (Lipinski definition) is 10. The van der Waals surface area contributed by atoms with Gasteiger partial charge in [0.15, 0.2) is 10.3 Å². The van der Waals surface area contributed by atoms with Gasteiger partial charge >= 0.3 is 0 Å². The van der Waals surface area contributed by atoms with Crippen molar-refractivity contribution in [3.8, 4) is 0 Å². The zero-order valence-corrected chi connectivity index (χ0v) is 17.5. The van der Waals surface area contributed by atoms with Crippen molar-refractivity contribution >= 4 is 62.0 Å². The number of thiazole rings is 1. The van der Waals surface area contributed by atoms with Crippen molar-refractivity contribution in [3.63, 3.8) is 0 Å². The highest BCUT2D eigenvalue weighted by Gasteiger charge is 2.16. The molecule has 1 amide bonds. The van der Waals surface area contributed by atoms with E-state index in [0.29, 0.717) is 41.1 Å². The van der Waals surface area contributed by atoms with Gasteiger partial charge in [0.05, 0.1) is 16.0 Å². The number of aromatic nitrogens is 6. The molecule has 0 aliphatic carbocycles. The minimum Gasteiger partial charge on any atom is -0.355 e. The van der Waals surface area contributed by atoms with Crippen LogP contribution in [0, 0.1) is 0 Å². The molecule has 4 rings (SSSR count). The number of thioether (sulfide) groups is 1. The Labute approximate surface area is 174 Å². The van der Waals surface area contributed by atoms with E-state index in [1.165, 1.54) is 23.1 Å². The van der Waals surface area contributed by atoms with Crippen LogP contribution in [0.1, 0.15) is 13.8 Å². The topological polar surface area (TPSA) is 122 Å². The molecule has 0 aliphatic rings. The Morgan fingerprint density at radius 1 is 1.10 bits per heavy atom. The summed E-state index contributed by atoms with van der Waals surface area (Å²) < 4.78 is 2.74. The van der Waals surface area contributed by atoms with E-state index < -0.39 is 0 Å². The van der Waals surface area contributed by atoms with E-state index >= 15 is 0 Å². The number of fused-ring (bicyclic) bond motifs is 2. The van der Waals surface area contributed by atoms with Crippen LogP contribution in [0.15, 0.2) is 29.4 Å². The maximum Gasteiger partial charge on any atom is 0.261 e. The molecule has 1 aromatic carbocycles. The number of anilines is 3. The molecular weight excluding hydrogens is 410 g/mol. The maximum atomic E-state index is 12.4. The molecular formula is C17H19N9OS2. The number of hydrogen-bond donors (Lipinski definition) is 3. The molecule has 3 heterocycles. The summed E-state index contributed by atoms with van der Waals surface area (Å²) in [4.78, 5) is 25.6. The number of benzene rings is 1. The Kier molecular flexibility index (Phi) is 5.71. The molecule has 0 radical (unpaired) electrons. The highest BCUT2D eigenvalue weighted by Crippen LogP contribution is 2.26. The molecule has 12 heteroatoms. The molecule has 0 spiro atoms. The number of nitrogens with one attached hydrogen (secondary N) is 3. The van der Waals surface area contributed by atoms with Crippen LogP contribution in [0.5, 0.6) is 0 Å². The third-order valence-corrected chi connectivity index (χ3v) is 5.67. The first-order valence-corrected chi connectivity index (χ1v) is 10.9. The summed E-state index contributed by atoms with van der Waals surface area (Å²) in [5, 5.41) is 18.5. The molecule has 3 N–H and O–H groups in total. The lowest BCUT2D eigenvalue weighted by molar-refractivity contribution is -0.113. The van der Waals surface area contributed by atoms with Crippen molar-refractivity contribution in [2.45, 2.75) is 19.0 Å². The zero-order chi connectivity index (χ0) is 20.2. The SMILES string of the molecule is CCNc1nc(NCC)n2c(SCC(=O)Nc3nc4ccccc4s3)nnc2n1. The van der Waals surface area contributed by atoms with Gasteiger partial charge in [-0.2, -0.15) is 9.97 Å². The standard InChI is InChI=1S/C17H19N9OS2/c1-3-18-13-22-14(19-4-2)26-15(23-13)24-25-17(26)28-9-12(27)21-16-20-10-7-5-6-8-11(10)29-16/h5-8H,3-4,9H2,1-2H3,(H,20,21,27)(H2,18,19,22,23,24). The molecule has 29 heavy (non-hydrogen) atoms. The van der Waals surface area contributed by atoms with Crippen LogP contribution in [-0.4, -0.2) is 54.3 Å². The summed E-state index contributed by atoms with van der Waals surface area (Å²) in [6.07, 6.45) is 0. The van der Waals surface area contributed by atoms with Crippen LogP contribution in [-0.2, 0) is 4.79 Å². The van der Waals surface area contributed by atoms with Crippen molar-refractivity contribution in [1.29, 1.82) is 0 Å². The van der Waals surface area contributed by atoms with Crippen LogP contribution in [0.2, 0.25) is 0 Å². The van der Waals surface area contributed by atoms with Gasteiger partial charge in [0.2, 0.25) is 17.8 Å². The maximum absolute atomic E-state index is 12.4. The Bertz CT molecular complexity index is 1120. The third kappa shape index (κ3) is 4.22. The average molecular weight is 430 g/mol. The minimum atomic E-state index is -0.166. The van der Waals surface area contributed by atoms with Gasteiger partial charge in [0, 0.05) is 13.1 Å². The molecule has 0 saturated carbocycles. The summed E-state index contributed by atoms with van der Waals surface area (Å²) in [6, 6.07) is 7.77. The second-order valence-electron chi connectivity index (χ2n) is 5.87. The van der Waals surface area contributed by atoms with Crippen molar-refractivity contribution in [2.24, 2.45) is 0 Å². The molecule has 0 atom stereocenters. The lowest BCUT2D eigenvalue weighted by atomic mass is 10.3. The van der Waals surface area contributed by atoms with Crippen molar-refractivity contribution in [1.82, 2.24) is 29.5 Å². The van der Waals surface area contributed by atoms with Crippen LogP contribution >= 0.6 is 23.1 Å². The Hall–Kier alpha value is -2.99. The summed E-state index contributed by atoms with van der Waals surface area (Å²) in [6.45, 7) is 5.32. The number of rotatable bonds is 8. The van der Waals surface area contributed by atoms with Gasteiger partial charge in [-0.3, -0.25) is 4.79 Å². The normalized spacial score (nSPS) is 11.1. The minimum absolute atomic E-state index is 0.164. The molecule has 0 fully saturated rings. The van der Waals surface area contributed by atoms with Crippen LogP contribution in [0.4, 0.5) is 17.0 Å². The molecule has 10 nitrogen and oxygen atoms in total. The first-order valence-electron chi connectivity index (χ1n) is 9.07. The van der Waals surface area contributed by atoms with Gasteiger partial charge in [0.1, 0.15) is 0 Å². The molecule has 4 aromatic rings. The van der Waals surface area contributed by atoms with Gasteiger partial charge in [-0.05, 0) is 26.0 Å². The quantitative estimate of drug-likeness (QED) is 0.363. The number of amides is 1. The van der Waals surface area contributed by atoms with Crippen molar-refractivity contribution in [2.75, 3.05) is 34.8 Å². The fourth-order valence-corrected chi connectivity index (χ4v) is 4.22. The highest BCUT2D eigenvalue weighted by atomic mass is 32.2. The first kappa shape index (κ1) is 19.3. The van der Waals surface area contributed by atoms with E-state index in [4.69, 9.17) is 0 Å². The summed E-state index contributed by atoms with van der Waals surface area (Å²) in [5.41, 5.74) is 0.868. The number of carbonyl (C=O) groups excluding carboxylic acids is 1. The third-order valence-electron chi connectivity index (χ3n) is 3.79. The predicted octanol–water partition coefficient (Wildman–Crippen LogP) is 2.72. The lowest BCUT2D eigenvalue weighted by Crippen LogP contribution is -2.15. The van der Waals surface area contributed by atoms with Crippen LogP contribution in [0.3, 0.4) is 0 Å². The summed E-state index contributed by atoms with van der Waals surface area (Å²) in [5.74, 6) is 1.47. The van der Waals surface area contributed by atoms with Gasteiger partial charge < -0.3 is 16.0 Å². The van der Waals surface area contributed by atoms with Crippen LogP contribution < -0.4 is 16.0 Å². The van der Waals surface area contributed by atoms with Gasteiger partial charge in [0.25, 0.3) is 5.78 Å². The van der Waals surface area contributed by atoms with Gasteiger partial charge in [-0.15, -0.1) is 10.2 Å². The van der Waals surface area contributed by atoms with E-state index in [0.717, 1.165) is 10.2 Å². The monoisotopic (exact) mass is 429 g/mol. The highest BCUT2D eigenvalue weighted by molar-refractivity contribution is 7.99. The van der Waals surface area contributed by atoms with E-state index in [9.17, 15) is 4.79 Å². The molecule has 150 valence electrons. The second kappa shape index (κ2) is 8.57. The molecule has 0 unspecified atom stereocenters. The van der Waals surface area contributed by atoms with E-state index in [1.807, 2.05) is 38.1 Å². The van der Waals surface area contributed by atoms with E-state index in [-0.39, 0.29) is 11.7 Å². The predicted molar refractivity (Wildman–Crippen MR) is 116 cm³/mol.